The highest BCUT2D eigenvalue weighted by Crippen LogP contribution is 2.21. The molecule has 0 radical (unpaired) electrons. The zero-order valence-corrected chi connectivity index (χ0v) is 13.1. The summed E-state index contributed by atoms with van der Waals surface area (Å²) >= 11 is 0. The molecule has 0 aromatic carbocycles. The van der Waals surface area contributed by atoms with E-state index in [0.29, 0.717) is 11.6 Å². The first-order valence-corrected chi connectivity index (χ1v) is 6.83. The molecule has 0 amide bonds. The normalized spacial score (nSPS) is 11.6. The summed E-state index contributed by atoms with van der Waals surface area (Å²) in [6, 6.07) is 3.64. The van der Waals surface area contributed by atoms with Gasteiger partial charge in [-0.15, -0.1) is 0 Å². The number of nitrogens with zero attached hydrogens (tertiary/aromatic N) is 3. The van der Waals surface area contributed by atoms with Crippen LogP contribution in [-0.4, -0.2) is 33.2 Å². The first-order valence-electron chi connectivity index (χ1n) is 6.83. The van der Waals surface area contributed by atoms with E-state index >= 15 is 0 Å². The second-order valence-electron chi connectivity index (χ2n) is 5.60. The Bertz CT molecular complexity index is 670. The highest BCUT2D eigenvalue weighted by Gasteiger charge is 2.14. The number of aromatic nitrogens is 3. The van der Waals surface area contributed by atoms with Gasteiger partial charge in [-0.1, -0.05) is 0 Å². The minimum atomic E-state index is -0.516. The summed E-state index contributed by atoms with van der Waals surface area (Å²) in [5, 5.41) is 0. The molecule has 6 nitrogen and oxygen atoms in total. The fourth-order valence-electron chi connectivity index (χ4n) is 1.78. The molecule has 0 fully saturated rings. The Hall–Kier alpha value is -2.63. The van der Waals surface area contributed by atoms with Gasteiger partial charge in [-0.3, -0.25) is 0 Å². The Morgan fingerprint density at radius 3 is 2.68 bits per heavy atom. The van der Waals surface area contributed by atoms with E-state index in [0.717, 1.165) is 5.69 Å². The molecule has 0 saturated heterocycles. The fraction of sp³-hybridized carbons (Fsp3) is 0.312. The zero-order valence-electron chi connectivity index (χ0n) is 13.1. The van der Waals surface area contributed by atoms with Crippen LogP contribution in [0.5, 0.6) is 5.88 Å². The summed E-state index contributed by atoms with van der Waals surface area (Å²) in [5.74, 6) is 0.0382. The number of carbonyl (C=O) groups is 1. The zero-order chi connectivity index (χ0) is 16.2. The molecule has 0 spiro atoms. The molecule has 0 aliphatic heterocycles. The van der Waals surface area contributed by atoms with Crippen molar-refractivity contribution < 1.29 is 14.3 Å². The Balaban J connectivity index is 2.18. The Labute approximate surface area is 129 Å². The topological polar surface area (TPSA) is 66.2 Å². The van der Waals surface area contributed by atoms with Crippen LogP contribution in [0.25, 0.3) is 11.8 Å². The van der Waals surface area contributed by atoms with E-state index in [1.54, 1.807) is 42.5 Å². The monoisotopic (exact) mass is 301 g/mol. The quantitative estimate of drug-likeness (QED) is 0.641. The molecule has 0 atom stereocenters. The standard InChI is InChI=1S/C16H19N3O3/c1-16(2,3)22-14(20)8-6-12-5-7-13(15(18-12)21-4)19-10-9-17-11-19/h5-11H,1-4H3/b8-6+. The molecule has 0 bridgehead atoms. The predicted molar refractivity (Wildman–Crippen MR) is 82.8 cm³/mol. The van der Waals surface area contributed by atoms with Crippen LogP contribution in [0.4, 0.5) is 0 Å². The van der Waals surface area contributed by atoms with Gasteiger partial charge in [-0.25, -0.2) is 14.8 Å². The first-order chi connectivity index (χ1) is 10.4. The van der Waals surface area contributed by atoms with Gasteiger partial charge in [0, 0.05) is 18.5 Å². The molecular formula is C16H19N3O3. The molecule has 0 unspecified atom stereocenters. The molecule has 6 heteroatoms. The van der Waals surface area contributed by atoms with E-state index in [4.69, 9.17) is 9.47 Å². The van der Waals surface area contributed by atoms with Gasteiger partial charge in [-0.05, 0) is 39.0 Å². The van der Waals surface area contributed by atoms with Crippen LogP contribution in [0.2, 0.25) is 0 Å². The molecule has 0 aliphatic carbocycles. The predicted octanol–water partition coefficient (Wildman–Crippen LogP) is 2.63. The largest absolute Gasteiger partial charge is 0.479 e. The molecule has 0 N–H and O–H groups in total. The number of ether oxygens (including phenoxy) is 2. The fourth-order valence-corrected chi connectivity index (χ4v) is 1.78. The van der Waals surface area contributed by atoms with Crippen LogP contribution < -0.4 is 4.74 Å². The molecule has 2 aromatic rings. The highest BCUT2D eigenvalue weighted by molar-refractivity contribution is 5.87. The Morgan fingerprint density at radius 2 is 2.09 bits per heavy atom. The van der Waals surface area contributed by atoms with Crippen molar-refractivity contribution in [2.45, 2.75) is 26.4 Å². The van der Waals surface area contributed by atoms with E-state index in [9.17, 15) is 4.79 Å². The number of imidazole rings is 1. The smallest absolute Gasteiger partial charge is 0.331 e. The summed E-state index contributed by atoms with van der Waals surface area (Å²) < 4.78 is 12.3. The number of esters is 1. The summed E-state index contributed by atoms with van der Waals surface area (Å²) in [5.41, 5.74) is 0.860. The van der Waals surface area contributed by atoms with Crippen molar-refractivity contribution in [1.29, 1.82) is 0 Å². The van der Waals surface area contributed by atoms with Gasteiger partial charge in [0.2, 0.25) is 5.88 Å². The van der Waals surface area contributed by atoms with E-state index < -0.39 is 11.6 Å². The van der Waals surface area contributed by atoms with Crippen molar-refractivity contribution in [2.75, 3.05) is 7.11 Å². The number of pyridine rings is 1. The molecule has 0 aliphatic rings. The molecule has 2 aromatic heterocycles. The summed E-state index contributed by atoms with van der Waals surface area (Å²) in [6.07, 6.45) is 8.08. The van der Waals surface area contributed by atoms with E-state index in [1.807, 2.05) is 26.8 Å². The number of hydrogen-bond donors (Lipinski definition) is 0. The van der Waals surface area contributed by atoms with Crippen LogP contribution in [0, 0.1) is 0 Å². The maximum absolute atomic E-state index is 11.7. The second-order valence-corrected chi connectivity index (χ2v) is 5.60. The third kappa shape index (κ3) is 4.18. The lowest BCUT2D eigenvalue weighted by Gasteiger charge is -2.17. The van der Waals surface area contributed by atoms with Crippen molar-refractivity contribution in [3.63, 3.8) is 0 Å². The van der Waals surface area contributed by atoms with Crippen LogP contribution in [0.15, 0.2) is 36.9 Å². The maximum atomic E-state index is 11.7. The molecule has 0 saturated carbocycles. The van der Waals surface area contributed by atoms with Crippen LogP contribution in [0.1, 0.15) is 26.5 Å². The van der Waals surface area contributed by atoms with Gasteiger partial charge in [0.25, 0.3) is 0 Å². The molecular weight excluding hydrogens is 282 g/mol. The number of rotatable bonds is 4. The lowest BCUT2D eigenvalue weighted by molar-refractivity contribution is -0.148. The Morgan fingerprint density at radius 1 is 1.32 bits per heavy atom. The van der Waals surface area contributed by atoms with Gasteiger partial charge >= 0.3 is 5.97 Å². The molecule has 2 heterocycles. The van der Waals surface area contributed by atoms with Crippen LogP contribution >= 0.6 is 0 Å². The number of methoxy groups -OCH3 is 1. The van der Waals surface area contributed by atoms with Crippen LogP contribution in [-0.2, 0) is 9.53 Å². The van der Waals surface area contributed by atoms with E-state index in [-0.39, 0.29) is 0 Å². The van der Waals surface area contributed by atoms with Gasteiger partial charge in [0.15, 0.2) is 0 Å². The molecule has 22 heavy (non-hydrogen) atoms. The maximum Gasteiger partial charge on any atom is 0.331 e. The van der Waals surface area contributed by atoms with Gasteiger partial charge in [0.1, 0.15) is 11.3 Å². The number of hydrogen-bond acceptors (Lipinski definition) is 5. The van der Waals surface area contributed by atoms with E-state index in [1.165, 1.54) is 6.08 Å². The third-order valence-corrected chi connectivity index (χ3v) is 2.63. The second kappa shape index (κ2) is 6.43. The summed E-state index contributed by atoms with van der Waals surface area (Å²) in [7, 11) is 1.55. The Kier molecular flexibility index (Phi) is 4.60. The van der Waals surface area contributed by atoms with Crippen molar-refractivity contribution >= 4 is 12.0 Å². The first kappa shape index (κ1) is 15.8. The minimum absolute atomic E-state index is 0.410. The van der Waals surface area contributed by atoms with Gasteiger partial charge in [-0.2, -0.15) is 0 Å². The van der Waals surface area contributed by atoms with Crippen molar-refractivity contribution in [2.24, 2.45) is 0 Å². The third-order valence-electron chi connectivity index (χ3n) is 2.63. The van der Waals surface area contributed by atoms with Crippen molar-refractivity contribution in [3.05, 3.63) is 42.6 Å². The van der Waals surface area contributed by atoms with E-state index in [2.05, 4.69) is 9.97 Å². The lowest BCUT2D eigenvalue weighted by atomic mass is 10.2. The average molecular weight is 301 g/mol. The van der Waals surface area contributed by atoms with Crippen molar-refractivity contribution in [1.82, 2.24) is 14.5 Å². The number of carbonyl (C=O) groups excluding carboxylic acids is 1. The van der Waals surface area contributed by atoms with Crippen molar-refractivity contribution in [3.8, 4) is 11.6 Å². The average Bonchev–Trinajstić information content (AvgIpc) is 2.97. The highest BCUT2D eigenvalue weighted by atomic mass is 16.6. The lowest BCUT2D eigenvalue weighted by Crippen LogP contribution is -2.22. The van der Waals surface area contributed by atoms with Gasteiger partial charge < -0.3 is 14.0 Å². The SMILES string of the molecule is COc1nc(/C=C/C(=O)OC(C)(C)C)ccc1-n1ccnc1. The minimum Gasteiger partial charge on any atom is -0.479 e. The summed E-state index contributed by atoms with van der Waals surface area (Å²) in [4.78, 5) is 20.0. The summed E-state index contributed by atoms with van der Waals surface area (Å²) in [6.45, 7) is 5.46. The molecule has 2 rings (SSSR count). The van der Waals surface area contributed by atoms with Crippen LogP contribution in [0.3, 0.4) is 0 Å². The van der Waals surface area contributed by atoms with Gasteiger partial charge in [0.05, 0.1) is 19.1 Å². The molecule has 116 valence electrons.